The topological polar surface area (TPSA) is 82.8 Å². The molecule has 104 valence electrons. The minimum absolute atomic E-state index is 0.152. The maximum absolute atomic E-state index is 11.7. The van der Waals surface area contributed by atoms with Crippen LogP contribution >= 0.6 is 0 Å². The van der Waals surface area contributed by atoms with Crippen LogP contribution in [-0.4, -0.2) is 24.5 Å². The summed E-state index contributed by atoms with van der Waals surface area (Å²) in [4.78, 5) is 11.7. The zero-order chi connectivity index (χ0) is 13.9. The van der Waals surface area contributed by atoms with E-state index in [1.165, 1.54) is 0 Å². The molecular weight excluding hydrogens is 264 g/mol. The first-order valence-electron chi connectivity index (χ1n) is 5.96. The Balaban J connectivity index is 1.56. The highest BCUT2D eigenvalue weighted by atomic mass is 16.7. The van der Waals surface area contributed by atoms with E-state index in [2.05, 4.69) is 10.5 Å². The number of carbonyl (C=O) groups excluding carboxylic acids is 1. The number of nitrogens with zero attached hydrogens (tertiary/aromatic N) is 1. The molecule has 0 fully saturated rings. The maximum atomic E-state index is 11.7. The molecule has 1 aliphatic rings. The molecule has 20 heavy (non-hydrogen) atoms. The van der Waals surface area contributed by atoms with Gasteiger partial charge < -0.3 is 24.1 Å². The van der Waals surface area contributed by atoms with Crippen molar-refractivity contribution in [3.05, 3.63) is 30.0 Å². The number of aromatic nitrogens is 1. The molecule has 0 spiro atoms. The van der Waals surface area contributed by atoms with Crippen LogP contribution in [0, 0.1) is 6.92 Å². The van der Waals surface area contributed by atoms with Crippen LogP contribution in [0.5, 0.6) is 17.4 Å². The van der Waals surface area contributed by atoms with Gasteiger partial charge in [-0.05, 0) is 24.2 Å². The Morgan fingerprint density at radius 1 is 1.35 bits per heavy atom. The van der Waals surface area contributed by atoms with Gasteiger partial charge >= 0.3 is 0 Å². The lowest BCUT2D eigenvalue weighted by atomic mass is 10.3. The monoisotopic (exact) mass is 276 g/mol. The molecule has 1 aromatic carbocycles. The Kier molecular flexibility index (Phi) is 3.16. The number of ether oxygens (including phenoxy) is 3. The van der Waals surface area contributed by atoms with Gasteiger partial charge in [0, 0.05) is 17.8 Å². The van der Waals surface area contributed by atoms with E-state index >= 15 is 0 Å². The lowest BCUT2D eigenvalue weighted by Crippen LogP contribution is -2.20. The summed E-state index contributed by atoms with van der Waals surface area (Å²) < 4.78 is 20.4. The number of fused-ring (bicyclic) bond motifs is 1. The largest absolute Gasteiger partial charge is 0.465 e. The number of benzene rings is 1. The molecule has 1 N–H and O–H groups in total. The fourth-order valence-corrected chi connectivity index (χ4v) is 1.72. The Morgan fingerprint density at radius 2 is 2.20 bits per heavy atom. The van der Waals surface area contributed by atoms with Crippen molar-refractivity contribution in [3.63, 3.8) is 0 Å². The third-order valence-corrected chi connectivity index (χ3v) is 2.61. The lowest BCUT2D eigenvalue weighted by molar-refractivity contribution is -0.118. The molecule has 1 aliphatic heterocycles. The number of rotatable bonds is 4. The number of nitrogens with one attached hydrogen (secondary N) is 1. The molecule has 3 rings (SSSR count). The molecular formula is C13H12N2O5. The normalized spacial score (nSPS) is 12.2. The fourth-order valence-electron chi connectivity index (χ4n) is 1.72. The molecule has 2 aromatic rings. The van der Waals surface area contributed by atoms with Crippen LogP contribution in [0.2, 0.25) is 0 Å². The highest BCUT2D eigenvalue weighted by molar-refractivity contribution is 5.92. The lowest BCUT2D eigenvalue weighted by Gasteiger charge is -2.06. The zero-order valence-electron chi connectivity index (χ0n) is 10.7. The Labute approximate surface area is 114 Å². The van der Waals surface area contributed by atoms with E-state index in [4.69, 9.17) is 18.7 Å². The molecule has 1 amide bonds. The summed E-state index contributed by atoms with van der Waals surface area (Å²) in [6.07, 6.45) is 0. The van der Waals surface area contributed by atoms with Crippen molar-refractivity contribution < 1.29 is 23.5 Å². The Morgan fingerprint density at radius 3 is 3.00 bits per heavy atom. The first kappa shape index (κ1) is 12.3. The number of aryl methyl sites for hydroxylation is 1. The minimum atomic E-state index is -0.301. The minimum Gasteiger partial charge on any atom is -0.465 e. The average Bonchev–Trinajstić information content (AvgIpc) is 3.04. The van der Waals surface area contributed by atoms with Gasteiger partial charge in [-0.2, -0.15) is 0 Å². The molecule has 0 saturated heterocycles. The molecule has 0 bridgehead atoms. The van der Waals surface area contributed by atoms with Gasteiger partial charge in [0.2, 0.25) is 6.79 Å². The second-order valence-electron chi connectivity index (χ2n) is 4.18. The van der Waals surface area contributed by atoms with Crippen LogP contribution in [0.4, 0.5) is 5.69 Å². The van der Waals surface area contributed by atoms with Crippen molar-refractivity contribution in [2.75, 3.05) is 18.7 Å². The molecule has 7 heteroatoms. The highest BCUT2D eigenvalue weighted by Crippen LogP contribution is 2.34. The number of hydrogen-bond acceptors (Lipinski definition) is 6. The van der Waals surface area contributed by atoms with Crippen LogP contribution < -0.4 is 19.5 Å². The summed E-state index contributed by atoms with van der Waals surface area (Å²) in [7, 11) is 0. The molecule has 2 heterocycles. The molecule has 0 unspecified atom stereocenters. The summed E-state index contributed by atoms with van der Waals surface area (Å²) in [6, 6.07) is 6.76. The van der Waals surface area contributed by atoms with Gasteiger partial charge in [0.15, 0.2) is 18.1 Å². The zero-order valence-corrected chi connectivity index (χ0v) is 10.7. The van der Waals surface area contributed by atoms with E-state index in [0.29, 0.717) is 22.9 Å². The van der Waals surface area contributed by atoms with Crippen LogP contribution in [0.3, 0.4) is 0 Å². The predicted octanol–water partition coefficient (Wildman–Crippen LogP) is 1.73. The van der Waals surface area contributed by atoms with Gasteiger partial charge in [-0.3, -0.25) is 4.79 Å². The van der Waals surface area contributed by atoms with Crippen molar-refractivity contribution in [2.45, 2.75) is 6.92 Å². The van der Waals surface area contributed by atoms with E-state index in [0.717, 1.165) is 0 Å². The predicted molar refractivity (Wildman–Crippen MR) is 67.9 cm³/mol. The summed E-state index contributed by atoms with van der Waals surface area (Å²) in [5, 5.41) is 6.32. The molecule has 7 nitrogen and oxygen atoms in total. The third-order valence-electron chi connectivity index (χ3n) is 2.61. The van der Waals surface area contributed by atoms with Gasteiger partial charge in [-0.1, -0.05) is 0 Å². The van der Waals surface area contributed by atoms with Gasteiger partial charge in [-0.15, -0.1) is 0 Å². The van der Waals surface area contributed by atoms with Crippen LogP contribution in [0.15, 0.2) is 28.8 Å². The summed E-state index contributed by atoms with van der Waals surface area (Å²) in [5.74, 6) is 1.87. The van der Waals surface area contributed by atoms with Crippen molar-refractivity contribution in [3.8, 4) is 17.4 Å². The van der Waals surface area contributed by atoms with Crippen LogP contribution in [-0.2, 0) is 4.79 Å². The van der Waals surface area contributed by atoms with Crippen LogP contribution in [0.25, 0.3) is 0 Å². The van der Waals surface area contributed by atoms with Crippen molar-refractivity contribution in [2.24, 2.45) is 0 Å². The molecule has 0 aliphatic carbocycles. The molecule has 0 saturated carbocycles. The Hall–Kier alpha value is -2.70. The third kappa shape index (κ3) is 2.66. The van der Waals surface area contributed by atoms with Gasteiger partial charge in [0.1, 0.15) is 5.76 Å². The number of anilines is 1. The molecule has 0 atom stereocenters. The van der Waals surface area contributed by atoms with Crippen molar-refractivity contribution >= 4 is 11.6 Å². The van der Waals surface area contributed by atoms with E-state index < -0.39 is 0 Å². The van der Waals surface area contributed by atoms with Crippen molar-refractivity contribution in [1.82, 2.24) is 5.16 Å². The molecule has 1 aromatic heterocycles. The van der Waals surface area contributed by atoms with Gasteiger partial charge in [0.05, 0.1) is 0 Å². The maximum Gasteiger partial charge on any atom is 0.262 e. The van der Waals surface area contributed by atoms with Gasteiger partial charge in [-0.25, -0.2) is 0 Å². The standard InChI is InChI=1S/C13H12N2O5/c1-8-4-13(15-20-8)17-6-12(16)14-9-2-3-10-11(5-9)19-7-18-10/h2-5H,6-7H2,1H3,(H,14,16). The second kappa shape index (κ2) is 5.12. The first-order valence-corrected chi connectivity index (χ1v) is 5.96. The van der Waals surface area contributed by atoms with Crippen molar-refractivity contribution in [1.29, 1.82) is 0 Å². The van der Waals surface area contributed by atoms with Crippen LogP contribution in [0.1, 0.15) is 5.76 Å². The SMILES string of the molecule is Cc1cc(OCC(=O)Nc2ccc3c(c2)OCO3)no1. The molecule has 0 radical (unpaired) electrons. The second-order valence-corrected chi connectivity index (χ2v) is 4.18. The highest BCUT2D eigenvalue weighted by Gasteiger charge is 2.14. The summed E-state index contributed by atoms with van der Waals surface area (Å²) in [6.45, 7) is 1.79. The van der Waals surface area contributed by atoms with E-state index in [1.54, 1.807) is 31.2 Å². The quantitative estimate of drug-likeness (QED) is 0.915. The first-order chi connectivity index (χ1) is 9.70. The number of carbonyl (C=O) groups is 1. The average molecular weight is 276 g/mol. The summed E-state index contributed by atoms with van der Waals surface area (Å²) >= 11 is 0. The number of hydrogen-bond donors (Lipinski definition) is 1. The van der Waals surface area contributed by atoms with Gasteiger partial charge in [0.25, 0.3) is 11.8 Å². The Bertz CT molecular complexity index is 637. The number of amides is 1. The fraction of sp³-hybridized carbons (Fsp3) is 0.231. The smallest absolute Gasteiger partial charge is 0.262 e. The van der Waals surface area contributed by atoms with E-state index in [1.807, 2.05) is 0 Å². The van der Waals surface area contributed by atoms with E-state index in [-0.39, 0.29) is 25.2 Å². The summed E-state index contributed by atoms with van der Waals surface area (Å²) in [5.41, 5.74) is 0.610. The van der Waals surface area contributed by atoms with E-state index in [9.17, 15) is 4.79 Å².